The Labute approximate surface area is 109 Å². The quantitative estimate of drug-likeness (QED) is 0.711. The van der Waals surface area contributed by atoms with Crippen molar-refractivity contribution in [3.63, 3.8) is 0 Å². The van der Waals surface area contributed by atoms with Gasteiger partial charge in [-0.05, 0) is 32.1 Å². The molecule has 4 heteroatoms. The number of ether oxygens (including phenoxy) is 1. The van der Waals surface area contributed by atoms with Crippen molar-refractivity contribution >= 4 is 5.91 Å². The van der Waals surface area contributed by atoms with Crippen molar-refractivity contribution in [3.8, 4) is 5.75 Å². The van der Waals surface area contributed by atoms with Gasteiger partial charge in [-0.25, -0.2) is 0 Å². The second kappa shape index (κ2) is 8.53. The molecule has 0 saturated carbocycles. The zero-order valence-corrected chi connectivity index (χ0v) is 11.2. The average molecular weight is 250 g/mol. The molecule has 0 aromatic heterocycles. The molecule has 1 amide bonds. The van der Waals surface area contributed by atoms with Crippen LogP contribution >= 0.6 is 0 Å². The van der Waals surface area contributed by atoms with E-state index in [2.05, 4.69) is 5.32 Å². The summed E-state index contributed by atoms with van der Waals surface area (Å²) in [7, 11) is 3.75. The number of rotatable bonds is 8. The lowest BCUT2D eigenvalue weighted by atomic mass is 10.3. The lowest BCUT2D eigenvalue weighted by Gasteiger charge is -2.17. The maximum atomic E-state index is 11.8. The smallest absolute Gasteiger partial charge is 0.225 e. The number of hydrogen-bond acceptors (Lipinski definition) is 3. The first kappa shape index (κ1) is 14.5. The summed E-state index contributed by atoms with van der Waals surface area (Å²) in [5.41, 5.74) is 0. The Morgan fingerprint density at radius 3 is 2.72 bits per heavy atom. The Morgan fingerprint density at radius 2 is 2.06 bits per heavy atom. The van der Waals surface area contributed by atoms with E-state index in [9.17, 15) is 4.79 Å². The second-order valence-electron chi connectivity index (χ2n) is 4.18. The number of benzene rings is 1. The van der Waals surface area contributed by atoms with Crippen LogP contribution in [0.2, 0.25) is 0 Å². The van der Waals surface area contributed by atoms with Crippen LogP contribution in [0.3, 0.4) is 0 Å². The van der Waals surface area contributed by atoms with Crippen molar-refractivity contribution < 1.29 is 9.53 Å². The highest BCUT2D eigenvalue weighted by molar-refractivity contribution is 5.75. The molecule has 0 aliphatic heterocycles. The van der Waals surface area contributed by atoms with Crippen molar-refractivity contribution in [1.82, 2.24) is 10.2 Å². The summed E-state index contributed by atoms with van der Waals surface area (Å²) in [6, 6.07) is 9.55. The molecule has 0 aliphatic carbocycles. The van der Waals surface area contributed by atoms with E-state index in [0.717, 1.165) is 25.3 Å². The Hall–Kier alpha value is -1.55. The number of para-hydroxylation sites is 1. The van der Waals surface area contributed by atoms with Crippen molar-refractivity contribution in [1.29, 1.82) is 0 Å². The van der Waals surface area contributed by atoms with E-state index in [-0.39, 0.29) is 5.91 Å². The van der Waals surface area contributed by atoms with Gasteiger partial charge in [0, 0.05) is 13.6 Å². The van der Waals surface area contributed by atoms with E-state index < -0.39 is 0 Å². The highest BCUT2D eigenvalue weighted by Gasteiger charge is 2.07. The number of nitrogens with zero attached hydrogens (tertiary/aromatic N) is 1. The third kappa shape index (κ3) is 5.68. The number of carbonyl (C=O) groups excluding carboxylic acids is 1. The van der Waals surface area contributed by atoms with Gasteiger partial charge in [-0.3, -0.25) is 4.79 Å². The molecule has 0 spiro atoms. The first-order valence-corrected chi connectivity index (χ1v) is 6.30. The van der Waals surface area contributed by atoms with E-state index in [4.69, 9.17) is 4.74 Å². The third-order valence-corrected chi connectivity index (χ3v) is 2.67. The van der Waals surface area contributed by atoms with E-state index in [1.165, 1.54) is 0 Å². The van der Waals surface area contributed by atoms with Crippen LogP contribution in [0.1, 0.15) is 12.8 Å². The molecule has 1 rings (SSSR count). The van der Waals surface area contributed by atoms with Crippen LogP contribution in [0.15, 0.2) is 30.3 Å². The topological polar surface area (TPSA) is 41.6 Å². The van der Waals surface area contributed by atoms with Crippen LogP contribution in [-0.2, 0) is 4.79 Å². The molecule has 1 aromatic carbocycles. The molecule has 1 N–H and O–H groups in total. The number of carbonyl (C=O) groups is 1. The molecule has 0 saturated heterocycles. The molecule has 0 fully saturated rings. The predicted octanol–water partition coefficient (Wildman–Crippen LogP) is 1.52. The van der Waals surface area contributed by atoms with E-state index in [0.29, 0.717) is 13.0 Å². The molecular weight excluding hydrogens is 228 g/mol. The SMILES string of the molecule is CNCCCN(C)C(=O)CCOc1ccccc1. The number of nitrogens with one attached hydrogen (secondary N) is 1. The number of amides is 1. The minimum absolute atomic E-state index is 0.127. The van der Waals surface area contributed by atoms with E-state index in [1.54, 1.807) is 4.90 Å². The summed E-state index contributed by atoms with van der Waals surface area (Å²) in [5, 5.41) is 3.06. The van der Waals surface area contributed by atoms with Crippen molar-refractivity contribution in [2.75, 3.05) is 33.8 Å². The first-order valence-electron chi connectivity index (χ1n) is 6.30. The molecule has 1 aromatic rings. The molecule has 0 atom stereocenters. The summed E-state index contributed by atoms with van der Waals surface area (Å²) >= 11 is 0. The molecule has 0 radical (unpaired) electrons. The van der Waals surface area contributed by atoms with E-state index >= 15 is 0 Å². The Morgan fingerprint density at radius 1 is 1.33 bits per heavy atom. The van der Waals surface area contributed by atoms with Crippen molar-refractivity contribution in [2.45, 2.75) is 12.8 Å². The largest absolute Gasteiger partial charge is 0.493 e. The van der Waals surface area contributed by atoms with Gasteiger partial charge in [0.1, 0.15) is 5.75 Å². The molecule has 0 heterocycles. The summed E-state index contributed by atoms with van der Waals surface area (Å²) in [6.07, 6.45) is 1.39. The van der Waals surface area contributed by atoms with Gasteiger partial charge in [-0.1, -0.05) is 18.2 Å². The molecule has 0 unspecified atom stereocenters. The second-order valence-corrected chi connectivity index (χ2v) is 4.18. The van der Waals surface area contributed by atoms with Gasteiger partial charge in [0.05, 0.1) is 13.0 Å². The van der Waals surface area contributed by atoms with Crippen LogP contribution in [0.5, 0.6) is 5.75 Å². The molecular formula is C14H22N2O2. The predicted molar refractivity (Wildman–Crippen MR) is 72.7 cm³/mol. The maximum absolute atomic E-state index is 11.8. The zero-order valence-electron chi connectivity index (χ0n) is 11.2. The molecule has 0 bridgehead atoms. The van der Waals surface area contributed by atoms with Gasteiger partial charge in [0.2, 0.25) is 5.91 Å². The first-order chi connectivity index (χ1) is 8.74. The van der Waals surface area contributed by atoms with Crippen molar-refractivity contribution in [2.24, 2.45) is 0 Å². The molecule has 4 nitrogen and oxygen atoms in total. The van der Waals surface area contributed by atoms with Crippen LogP contribution in [0.25, 0.3) is 0 Å². The number of hydrogen-bond donors (Lipinski definition) is 1. The minimum atomic E-state index is 0.127. The maximum Gasteiger partial charge on any atom is 0.225 e. The van der Waals surface area contributed by atoms with E-state index in [1.807, 2.05) is 44.4 Å². The lowest BCUT2D eigenvalue weighted by Crippen LogP contribution is -2.30. The molecule has 18 heavy (non-hydrogen) atoms. The van der Waals surface area contributed by atoms with Gasteiger partial charge in [-0.2, -0.15) is 0 Å². The molecule has 0 aliphatic rings. The highest BCUT2D eigenvalue weighted by Crippen LogP contribution is 2.08. The van der Waals surface area contributed by atoms with Crippen LogP contribution in [-0.4, -0.2) is 44.6 Å². The van der Waals surface area contributed by atoms with Gasteiger partial charge >= 0.3 is 0 Å². The third-order valence-electron chi connectivity index (χ3n) is 2.67. The van der Waals surface area contributed by atoms with Crippen LogP contribution in [0.4, 0.5) is 0 Å². The lowest BCUT2D eigenvalue weighted by molar-refractivity contribution is -0.130. The normalized spacial score (nSPS) is 10.1. The fraction of sp³-hybridized carbons (Fsp3) is 0.500. The summed E-state index contributed by atoms with van der Waals surface area (Å²) in [5.74, 6) is 0.935. The standard InChI is InChI=1S/C14H22N2O2/c1-15-10-6-11-16(2)14(17)9-12-18-13-7-4-3-5-8-13/h3-5,7-8,15H,6,9-12H2,1-2H3. The zero-order chi connectivity index (χ0) is 13.2. The fourth-order valence-electron chi connectivity index (χ4n) is 1.58. The average Bonchev–Trinajstić information content (AvgIpc) is 2.40. The molecule has 100 valence electrons. The summed E-state index contributed by atoms with van der Waals surface area (Å²) < 4.78 is 5.49. The van der Waals surface area contributed by atoms with Gasteiger partial charge < -0.3 is 15.0 Å². The van der Waals surface area contributed by atoms with Gasteiger partial charge in [0.25, 0.3) is 0 Å². The Kier molecular flexibility index (Phi) is 6.87. The Balaban J connectivity index is 2.16. The summed E-state index contributed by atoms with van der Waals surface area (Å²) in [4.78, 5) is 13.5. The van der Waals surface area contributed by atoms with Crippen LogP contribution in [0, 0.1) is 0 Å². The highest BCUT2D eigenvalue weighted by atomic mass is 16.5. The monoisotopic (exact) mass is 250 g/mol. The fourth-order valence-corrected chi connectivity index (χ4v) is 1.58. The van der Waals surface area contributed by atoms with Gasteiger partial charge in [-0.15, -0.1) is 0 Å². The minimum Gasteiger partial charge on any atom is -0.493 e. The van der Waals surface area contributed by atoms with Crippen LogP contribution < -0.4 is 10.1 Å². The Bertz CT molecular complexity index is 341. The summed E-state index contributed by atoms with van der Waals surface area (Å²) in [6.45, 7) is 2.14. The van der Waals surface area contributed by atoms with Crippen molar-refractivity contribution in [3.05, 3.63) is 30.3 Å². The van der Waals surface area contributed by atoms with Gasteiger partial charge in [0.15, 0.2) is 0 Å².